The molecule has 1 aromatic carbocycles. The number of hydrogen-bond donors (Lipinski definition) is 2. The van der Waals surface area contributed by atoms with Gasteiger partial charge in [-0.1, -0.05) is 90.0 Å². The minimum atomic E-state index is -0.917. The second-order valence-corrected chi connectivity index (χ2v) is 7.68. The summed E-state index contributed by atoms with van der Waals surface area (Å²) < 4.78 is 0. The largest absolute Gasteiger partial charge is 0.478 e. The van der Waals surface area contributed by atoms with Crippen molar-refractivity contribution in [2.45, 2.75) is 96.8 Å². The molecule has 0 saturated carbocycles. The molecular formula is C23H36N2O2. The van der Waals surface area contributed by atoms with Crippen LogP contribution in [0, 0.1) is 0 Å². The van der Waals surface area contributed by atoms with Crippen molar-refractivity contribution in [2.75, 3.05) is 0 Å². The third kappa shape index (κ3) is 7.74. The van der Waals surface area contributed by atoms with E-state index in [1.165, 1.54) is 77.0 Å². The smallest absolute Gasteiger partial charge is 0.337 e. The van der Waals surface area contributed by atoms with E-state index in [0.29, 0.717) is 5.52 Å². The van der Waals surface area contributed by atoms with Crippen molar-refractivity contribution in [2.24, 2.45) is 0 Å². The zero-order valence-corrected chi connectivity index (χ0v) is 16.9. The number of aromatic carboxylic acids is 1. The highest BCUT2D eigenvalue weighted by Crippen LogP contribution is 2.18. The predicted molar refractivity (Wildman–Crippen MR) is 112 cm³/mol. The maximum absolute atomic E-state index is 11.3. The SMILES string of the molecule is CCCCCCCCCCCCCCCc1nc2c(C(=O)O)cccc2[nH]1. The number of aromatic nitrogens is 2. The summed E-state index contributed by atoms with van der Waals surface area (Å²) in [5.41, 5.74) is 1.68. The Kier molecular flexibility index (Phi) is 9.96. The lowest BCUT2D eigenvalue weighted by Crippen LogP contribution is -1.96. The second kappa shape index (κ2) is 12.5. The van der Waals surface area contributed by atoms with Crippen LogP contribution in [0.4, 0.5) is 0 Å². The van der Waals surface area contributed by atoms with E-state index in [1.807, 2.05) is 6.07 Å². The van der Waals surface area contributed by atoms with Gasteiger partial charge >= 0.3 is 5.97 Å². The first-order valence-electron chi connectivity index (χ1n) is 10.9. The molecule has 2 rings (SSSR count). The van der Waals surface area contributed by atoms with Gasteiger partial charge in [0.05, 0.1) is 11.1 Å². The molecule has 2 N–H and O–H groups in total. The van der Waals surface area contributed by atoms with Crippen LogP contribution in [0.2, 0.25) is 0 Å². The first kappa shape index (κ1) is 21.5. The number of H-pyrrole nitrogens is 1. The Bertz CT molecular complexity index is 678. The summed E-state index contributed by atoms with van der Waals surface area (Å²) in [5, 5.41) is 9.24. The van der Waals surface area contributed by atoms with Gasteiger partial charge in [-0.25, -0.2) is 9.78 Å². The number of carbonyl (C=O) groups is 1. The van der Waals surface area contributed by atoms with Crippen LogP contribution < -0.4 is 0 Å². The molecule has 0 fully saturated rings. The van der Waals surface area contributed by atoms with Crippen LogP contribution >= 0.6 is 0 Å². The number of nitrogens with zero attached hydrogens (tertiary/aromatic N) is 1. The Hall–Kier alpha value is -1.84. The fourth-order valence-corrected chi connectivity index (χ4v) is 3.68. The standard InChI is InChI=1S/C23H36N2O2/c1-2-3-4-5-6-7-8-9-10-11-12-13-14-18-21-24-20-17-15-16-19(23(26)27)22(20)25-21/h15-17H,2-14,18H2,1H3,(H,24,25)(H,26,27). The lowest BCUT2D eigenvalue weighted by Gasteiger charge is -2.02. The van der Waals surface area contributed by atoms with Crippen molar-refractivity contribution in [1.29, 1.82) is 0 Å². The number of aromatic amines is 1. The van der Waals surface area contributed by atoms with E-state index < -0.39 is 5.97 Å². The van der Waals surface area contributed by atoms with Crippen molar-refractivity contribution in [1.82, 2.24) is 9.97 Å². The minimum Gasteiger partial charge on any atom is -0.478 e. The first-order chi connectivity index (χ1) is 13.2. The molecule has 0 spiro atoms. The molecule has 0 amide bonds. The van der Waals surface area contributed by atoms with Gasteiger partial charge in [0.2, 0.25) is 0 Å². The van der Waals surface area contributed by atoms with Crippen molar-refractivity contribution in [3.8, 4) is 0 Å². The molecule has 0 bridgehead atoms. The van der Waals surface area contributed by atoms with E-state index >= 15 is 0 Å². The number of carboxylic acid groups (broad SMARTS) is 1. The van der Waals surface area contributed by atoms with Crippen LogP contribution in [0.1, 0.15) is 107 Å². The number of aryl methyl sites for hydroxylation is 1. The highest BCUT2D eigenvalue weighted by molar-refractivity contribution is 6.00. The Morgan fingerprint density at radius 3 is 2.00 bits per heavy atom. The number of carboxylic acids is 1. The maximum Gasteiger partial charge on any atom is 0.337 e. The van der Waals surface area contributed by atoms with Crippen LogP contribution in [0.15, 0.2) is 18.2 Å². The van der Waals surface area contributed by atoms with Gasteiger partial charge in [0, 0.05) is 6.42 Å². The van der Waals surface area contributed by atoms with Gasteiger partial charge in [-0.2, -0.15) is 0 Å². The molecule has 0 atom stereocenters. The lowest BCUT2D eigenvalue weighted by molar-refractivity contribution is 0.0699. The molecule has 0 saturated heterocycles. The molecule has 0 aliphatic carbocycles. The molecule has 0 unspecified atom stereocenters. The zero-order chi connectivity index (χ0) is 19.3. The average Bonchev–Trinajstić information content (AvgIpc) is 3.08. The van der Waals surface area contributed by atoms with E-state index in [2.05, 4.69) is 16.9 Å². The molecule has 150 valence electrons. The van der Waals surface area contributed by atoms with E-state index in [9.17, 15) is 9.90 Å². The van der Waals surface area contributed by atoms with Gasteiger partial charge in [-0.15, -0.1) is 0 Å². The van der Waals surface area contributed by atoms with E-state index in [1.54, 1.807) is 12.1 Å². The summed E-state index contributed by atoms with van der Waals surface area (Å²) in [6.45, 7) is 2.27. The number of benzene rings is 1. The number of rotatable bonds is 15. The van der Waals surface area contributed by atoms with Crippen LogP contribution in [0.25, 0.3) is 11.0 Å². The minimum absolute atomic E-state index is 0.278. The maximum atomic E-state index is 11.3. The summed E-state index contributed by atoms with van der Waals surface area (Å²) in [5.74, 6) is -0.0126. The Labute approximate surface area is 163 Å². The molecule has 4 heteroatoms. The summed E-state index contributed by atoms with van der Waals surface area (Å²) in [6, 6.07) is 5.27. The van der Waals surface area contributed by atoms with E-state index in [4.69, 9.17) is 0 Å². The Morgan fingerprint density at radius 1 is 0.889 bits per heavy atom. The summed E-state index contributed by atoms with van der Waals surface area (Å²) in [4.78, 5) is 19.0. The molecule has 27 heavy (non-hydrogen) atoms. The molecule has 2 aromatic rings. The molecule has 4 nitrogen and oxygen atoms in total. The highest BCUT2D eigenvalue weighted by atomic mass is 16.4. The Morgan fingerprint density at radius 2 is 1.44 bits per heavy atom. The molecule has 0 aliphatic rings. The van der Waals surface area contributed by atoms with Gasteiger partial charge < -0.3 is 10.1 Å². The number of unbranched alkanes of at least 4 members (excludes halogenated alkanes) is 12. The third-order valence-corrected chi connectivity index (χ3v) is 5.31. The number of para-hydroxylation sites is 1. The van der Waals surface area contributed by atoms with Crippen molar-refractivity contribution >= 4 is 17.0 Å². The summed E-state index contributed by atoms with van der Waals surface area (Å²) in [7, 11) is 0. The molecule has 1 heterocycles. The van der Waals surface area contributed by atoms with E-state index in [-0.39, 0.29) is 5.56 Å². The van der Waals surface area contributed by atoms with Crippen molar-refractivity contribution < 1.29 is 9.90 Å². The fraction of sp³-hybridized carbons (Fsp3) is 0.652. The van der Waals surface area contributed by atoms with E-state index in [0.717, 1.165) is 24.2 Å². The van der Waals surface area contributed by atoms with Crippen LogP contribution in [0.5, 0.6) is 0 Å². The monoisotopic (exact) mass is 372 g/mol. The molecule has 0 aliphatic heterocycles. The first-order valence-corrected chi connectivity index (χ1v) is 10.9. The number of imidazole rings is 1. The molecule has 0 radical (unpaired) electrons. The van der Waals surface area contributed by atoms with Crippen LogP contribution in [-0.2, 0) is 6.42 Å². The fourth-order valence-electron chi connectivity index (χ4n) is 3.68. The van der Waals surface area contributed by atoms with Crippen molar-refractivity contribution in [3.63, 3.8) is 0 Å². The highest BCUT2D eigenvalue weighted by Gasteiger charge is 2.12. The van der Waals surface area contributed by atoms with Gasteiger partial charge in [-0.3, -0.25) is 0 Å². The predicted octanol–water partition coefficient (Wildman–Crippen LogP) is 6.89. The molecular weight excluding hydrogens is 336 g/mol. The van der Waals surface area contributed by atoms with Gasteiger partial charge in [0.15, 0.2) is 0 Å². The number of nitrogens with one attached hydrogen (secondary N) is 1. The normalized spacial score (nSPS) is 11.3. The number of hydrogen-bond acceptors (Lipinski definition) is 2. The lowest BCUT2D eigenvalue weighted by atomic mass is 10.0. The van der Waals surface area contributed by atoms with Crippen LogP contribution in [-0.4, -0.2) is 21.0 Å². The topological polar surface area (TPSA) is 66.0 Å². The van der Waals surface area contributed by atoms with Gasteiger partial charge in [0.1, 0.15) is 11.3 Å². The summed E-state index contributed by atoms with van der Waals surface area (Å²) in [6.07, 6.45) is 18.4. The summed E-state index contributed by atoms with van der Waals surface area (Å²) >= 11 is 0. The van der Waals surface area contributed by atoms with Crippen LogP contribution in [0.3, 0.4) is 0 Å². The Balaban J connectivity index is 1.52. The third-order valence-electron chi connectivity index (χ3n) is 5.31. The number of fused-ring (bicyclic) bond motifs is 1. The molecule has 1 aromatic heterocycles. The van der Waals surface area contributed by atoms with Gasteiger partial charge in [-0.05, 0) is 18.6 Å². The average molecular weight is 373 g/mol. The van der Waals surface area contributed by atoms with Crippen molar-refractivity contribution in [3.05, 3.63) is 29.6 Å². The van der Waals surface area contributed by atoms with Gasteiger partial charge in [0.25, 0.3) is 0 Å². The quantitative estimate of drug-likeness (QED) is 0.334. The second-order valence-electron chi connectivity index (χ2n) is 7.68. The zero-order valence-electron chi connectivity index (χ0n) is 16.9.